The van der Waals surface area contributed by atoms with E-state index in [9.17, 15) is 24.0 Å². The van der Waals surface area contributed by atoms with Gasteiger partial charge < -0.3 is 15.2 Å². The fourth-order valence-corrected chi connectivity index (χ4v) is 3.38. The molecule has 3 rings (SSSR count). The van der Waals surface area contributed by atoms with Crippen molar-refractivity contribution in [1.29, 1.82) is 0 Å². The predicted octanol–water partition coefficient (Wildman–Crippen LogP) is 4.23. The van der Waals surface area contributed by atoms with Crippen LogP contribution in [0.1, 0.15) is 16.7 Å². The van der Waals surface area contributed by atoms with Crippen molar-refractivity contribution in [3.8, 4) is 5.75 Å². The number of hydrogen-bond acceptors (Lipinski definition) is 5. The molecule has 1 aromatic heterocycles. The number of thiocarbonyl (C=S) groups is 1. The topological polar surface area (TPSA) is 91.3 Å². The number of aromatic nitrogens is 1. The second-order valence-electron chi connectivity index (χ2n) is 7.08. The molecule has 1 heterocycles. The molecule has 0 amide bonds. The van der Waals surface area contributed by atoms with Crippen LogP contribution in [0.25, 0.3) is 11.5 Å². The minimum atomic E-state index is -2.95. The number of pyridine rings is 1. The molecular formula is C23H19F2N3O4S. The quantitative estimate of drug-likeness (QED) is 0.139. The molecule has 0 saturated carbocycles. The molecule has 0 fully saturated rings. The van der Waals surface area contributed by atoms with Gasteiger partial charge in [-0.2, -0.15) is 13.3 Å². The van der Waals surface area contributed by atoms with Gasteiger partial charge >= 0.3 is 6.61 Å². The third-order valence-electron chi connectivity index (χ3n) is 4.64. The summed E-state index contributed by atoms with van der Waals surface area (Å²) >= 11 is 5.50. The first-order valence-electron chi connectivity index (χ1n) is 9.67. The molecule has 170 valence electrons. The van der Waals surface area contributed by atoms with Gasteiger partial charge in [0.1, 0.15) is 5.75 Å². The standard InChI is InChI=1S/C23H19F2N3O4S/c1-14-4-3-11-27(13-14)20(21(29)16-6-5-15(2)19(12-16)28(30)31)22(33)26-17-7-9-18(10-8-17)32-23(24)25/h3-13,23H,1-2H3,(H-,26,29,33). The summed E-state index contributed by atoms with van der Waals surface area (Å²) in [6, 6.07) is 13.4. The summed E-state index contributed by atoms with van der Waals surface area (Å²) in [5, 5.41) is 27.7. The number of halogens is 2. The van der Waals surface area contributed by atoms with Crippen LogP contribution in [0.15, 0.2) is 67.0 Å². The number of nitrogens with one attached hydrogen (secondary N) is 1. The normalized spacial score (nSPS) is 11.7. The van der Waals surface area contributed by atoms with Gasteiger partial charge in [-0.3, -0.25) is 10.1 Å². The fourth-order valence-electron chi connectivity index (χ4n) is 3.06. The number of ether oxygens (including phenoxy) is 1. The average Bonchev–Trinajstić information content (AvgIpc) is 2.75. The number of nitro groups is 1. The molecule has 0 aliphatic carbocycles. The van der Waals surface area contributed by atoms with Crippen molar-refractivity contribution in [2.45, 2.75) is 20.5 Å². The monoisotopic (exact) mass is 471 g/mol. The summed E-state index contributed by atoms with van der Waals surface area (Å²) in [7, 11) is 0. The number of alkyl halides is 2. The van der Waals surface area contributed by atoms with Gasteiger partial charge in [0, 0.05) is 28.9 Å². The van der Waals surface area contributed by atoms with Gasteiger partial charge in [-0.1, -0.05) is 24.4 Å². The van der Waals surface area contributed by atoms with Gasteiger partial charge in [0.2, 0.25) is 5.70 Å². The lowest BCUT2D eigenvalue weighted by Gasteiger charge is -2.17. The largest absolute Gasteiger partial charge is 0.867 e. The summed E-state index contributed by atoms with van der Waals surface area (Å²) in [5.74, 6) is -0.550. The van der Waals surface area contributed by atoms with Crippen molar-refractivity contribution in [3.63, 3.8) is 0 Å². The lowest BCUT2D eigenvalue weighted by atomic mass is 10.1. The maximum atomic E-state index is 13.4. The van der Waals surface area contributed by atoms with E-state index in [-0.39, 0.29) is 27.7 Å². The predicted molar refractivity (Wildman–Crippen MR) is 122 cm³/mol. The zero-order valence-electron chi connectivity index (χ0n) is 17.6. The summed E-state index contributed by atoms with van der Waals surface area (Å²) in [5.41, 5.74) is 1.71. The molecule has 0 spiro atoms. The molecule has 0 bridgehead atoms. The molecule has 7 nitrogen and oxygen atoms in total. The molecule has 10 heteroatoms. The van der Waals surface area contributed by atoms with Crippen molar-refractivity contribution in [1.82, 2.24) is 0 Å². The first-order chi connectivity index (χ1) is 15.7. The lowest BCUT2D eigenvalue weighted by molar-refractivity contribution is -0.578. The Labute approximate surface area is 193 Å². The van der Waals surface area contributed by atoms with Crippen molar-refractivity contribution in [2.24, 2.45) is 0 Å². The molecular weight excluding hydrogens is 452 g/mol. The van der Waals surface area contributed by atoms with Crippen LogP contribution in [0.2, 0.25) is 0 Å². The Hall–Kier alpha value is -3.92. The fraction of sp³-hybridized carbons (Fsp3) is 0.130. The van der Waals surface area contributed by atoms with Gasteiger partial charge in [0.15, 0.2) is 17.4 Å². The molecule has 0 saturated heterocycles. The van der Waals surface area contributed by atoms with Crippen LogP contribution in [0, 0.1) is 24.0 Å². The highest BCUT2D eigenvalue weighted by atomic mass is 32.1. The van der Waals surface area contributed by atoms with Gasteiger partial charge in [0.25, 0.3) is 5.69 Å². The average molecular weight is 471 g/mol. The Bertz CT molecular complexity index is 1230. The smallest absolute Gasteiger partial charge is 0.387 e. The Morgan fingerprint density at radius 1 is 1.15 bits per heavy atom. The Morgan fingerprint density at radius 2 is 1.85 bits per heavy atom. The maximum absolute atomic E-state index is 13.4. The number of anilines is 1. The first-order valence-corrected chi connectivity index (χ1v) is 10.1. The van der Waals surface area contributed by atoms with E-state index in [4.69, 9.17) is 12.2 Å². The molecule has 0 aliphatic rings. The first kappa shape index (κ1) is 23.7. The van der Waals surface area contributed by atoms with Crippen molar-refractivity contribution in [3.05, 3.63) is 93.8 Å². The van der Waals surface area contributed by atoms with Crippen LogP contribution in [-0.2, 0) is 0 Å². The zero-order valence-corrected chi connectivity index (χ0v) is 18.4. The van der Waals surface area contributed by atoms with Crippen LogP contribution >= 0.6 is 12.2 Å². The number of nitrogens with zero attached hydrogens (tertiary/aromatic N) is 2. The van der Waals surface area contributed by atoms with Gasteiger partial charge in [0.05, 0.1) is 4.92 Å². The Kier molecular flexibility index (Phi) is 7.29. The molecule has 0 aliphatic heterocycles. The highest BCUT2D eigenvalue weighted by Crippen LogP contribution is 2.25. The highest BCUT2D eigenvalue weighted by molar-refractivity contribution is 7.81. The van der Waals surface area contributed by atoms with E-state index < -0.39 is 17.3 Å². The number of aryl methyl sites for hydroxylation is 2. The van der Waals surface area contributed by atoms with E-state index in [1.807, 2.05) is 13.0 Å². The second-order valence-corrected chi connectivity index (χ2v) is 7.49. The summed E-state index contributed by atoms with van der Waals surface area (Å²) in [6.07, 6.45) is 3.33. The maximum Gasteiger partial charge on any atom is 0.387 e. The van der Waals surface area contributed by atoms with Crippen molar-refractivity contribution in [2.75, 3.05) is 5.32 Å². The third-order valence-corrected chi connectivity index (χ3v) is 4.94. The number of nitro benzene ring substituents is 1. The molecule has 2 aromatic carbocycles. The molecule has 3 aromatic rings. The van der Waals surface area contributed by atoms with E-state index in [0.717, 1.165) is 5.56 Å². The van der Waals surface area contributed by atoms with Crippen molar-refractivity contribution < 1.29 is 28.1 Å². The van der Waals surface area contributed by atoms with Gasteiger partial charge in [-0.05, 0) is 55.5 Å². The SMILES string of the molecule is Cc1ccc[n+](/C(C(=S)Nc2ccc(OC(F)F)cc2)=C(/[O-])c2ccc(C)c([N+](=O)[O-])c2)c1. The number of benzene rings is 2. The van der Waals surface area contributed by atoms with Gasteiger partial charge in [-0.25, -0.2) is 0 Å². The highest BCUT2D eigenvalue weighted by Gasteiger charge is 2.21. The van der Waals surface area contributed by atoms with Crippen LogP contribution in [0.4, 0.5) is 20.2 Å². The van der Waals surface area contributed by atoms with Crippen LogP contribution in [0.3, 0.4) is 0 Å². The van der Waals surface area contributed by atoms with E-state index >= 15 is 0 Å². The Morgan fingerprint density at radius 3 is 2.45 bits per heavy atom. The van der Waals surface area contributed by atoms with Gasteiger partial charge in [-0.15, -0.1) is 0 Å². The van der Waals surface area contributed by atoms with E-state index in [1.54, 1.807) is 25.4 Å². The summed E-state index contributed by atoms with van der Waals surface area (Å²) < 4.78 is 30.6. The molecule has 0 radical (unpaired) electrons. The Balaban J connectivity index is 2.04. The van der Waals surface area contributed by atoms with Crippen molar-refractivity contribution >= 4 is 40.0 Å². The molecule has 0 atom stereocenters. The third kappa shape index (κ3) is 5.86. The molecule has 1 N–H and O–H groups in total. The van der Waals surface area contributed by atoms with Crippen LogP contribution in [0.5, 0.6) is 5.75 Å². The number of hydrogen-bond donors (Lipinski definition) is 1. The van der Waals surface area contributed by atoms with E-state index in [0.29, 0.717) is 11.3 Å². The van der Waals surface area contributed by atoms with Crippen LogP contribution < -0.4 is 19.7 Å². The van der Waals surface area contributed by atoms with E-state index in [2.05, 4.69) is 10.1 Å². The summed E-state index contributed by atoms with van der Waals surface area (Å²) in [4.78, 5) is 10.8. The zero-order chi connectivity index (χ0) is 24.1. The molecule has 0 unspecified atom stereocenters. The van der Waals surface area contributed by atoms with E-state index in [1.165, 1.54) is 47.0 Å². The number of rotatable bonds is 7. The summed E-state index contributed by atoms with van der Waals surface area (Å²) in [6.45, 7) is 0.478. The minimum Gasteiger partial charge on any atom is -0.867 e. The second kappa shape index (κ2) is 10.1. The van der Waals surface area contributed by atoms with Crippen LogP contribution in [-0.4, -0.2) is 16.5 Å². The minimum absolute atomic E-state index is 0.0261. The molecule has 33 heavy (non-hydrogen) atoms. The lowest BCUT2D eigenvalue weighted by Crippen LogP contribution is -2.40.